The van der Waals surface area contributed by atoms with E-state index in [4.69, 9.17) is 5.73 Å². The largest absolute Gasteiger partial charge is 0.368 e. The summed E-state index contributed by atoms with van der Waals surface area (Å²) in [6, 6.07) is 0. The highest BCUT2D eigenvalue weighted by molar-refractivity contribution is 5.93. The predicted molar refractivity (Wildman–Crippen MR) is 70.3 cm³/mol. The average molecular weight is 267 g/mol. The Morgan fingerprint density at radius 3 is 2.63 bits per heavy atom. The van der Waals surface area contributed by atoms with Gasteiger partial charge in [0.25, 0.3) is 5.91 Å². The summed E-state index contributed by atoms with van der Waals surface area (Å²) in [6.45, 7) is 6.26. The third-order valence-electron chi connectivity index (χ3n) is 2.43. The van der Waals surface area contributed by atoms with Gasteiger partial charge in [0.15, 0.2) is 0 Å². The first-order valence-corrected chi connectivity index (χ1v) is 6.42. The van der Waals surface area contributed by atoms with E-state index in [2.05, 4.69) is 15.2 Å². The maximum absolute atomic E-state index is 12.2. The first-order valence-electron chi connectivity index (χ1n) is 6.42. The van der Waals surface area contributed by atoms with Gasteiger partial charge in [0.2, 0.25) is 11.7 Å². The van der Waals surface area contributed by atoms with Crippen molar-refractivity contribution in [3.8, 4) is 0 Å². The minimum absolute atomic E-state index is 0.0883. The number of rotatable bonds is 7. The molecule has 0 fully saturated rings. The third-order valence-corrected chi connectivity index (χ3v) is 2.43. The number of nitrogens with zero attached hydrogens (tertiary/aromatic N) is 3. The minimum atomic E-state index is -0.543. The first kappa shape index (κ1) is 15.1. The van der Waals surface area contributed by atoms with Crippen molar-refractivity contribution in [3.63, 3.8) is 0 Å². The Balaban J connectivity index is 2.81. The predicted octanol–water partition coefficient (Wildman–Crippen LogP) is 0.341. The zero-order valence-corrected chi connectivity index (χ0v) is 11.6. The van der Waals surface area contributed by atoms with E-state index >= 15 is 0 Å². The number of nitrogens with two attached hydrogens (primary N) is 1. The maximum atomic E-state index is 12.2. The summed E-state index contributed by atoms with van der Waals surface area (Å²) in [5.41, 5.74) is 5.16. The lowest BCUT2D eigenvalue weighted by molar-refractivity contribution is -0.118. The second kappa shape index (κ2) is 6.86. The molecule has 0 bridgehead atoms. The monoisotopic (exact) mass is 267 g/mol. The Bertz CT molecular complexity index is 441. The van der Waals surface area contributed by atoms with Gasteiger partial charge in [0.1, 0.15) is 5.82 Å². The molecule has 0 aliphatic heterocycles. The van der Waals surface area contributed by atoms with Crippen LogP contribution in [-0.2, 0) is 11.2 Å². The van der Waals surface area contributed by atoms with Crippen LogP contribution in [0.25, 0.3) is 0 Å². The van der Waals surface area contributed by atoms with Crippen LogP contribution in [0.5, 0.6) is 0 Å². The van der Waals surface area contributed by atoms with E-state index in [0.29, 0.717) is 12.4 Å². The Morgan fingerprint density at radius 1 is 1.42 bits per heavy atom. The van der Waals surface area contributed by atoms with Gasteiger partial charge in [0.05, 0.1) is 6.54 Å². The van der Waals surface area contributed by atoms with Crippen LogP contribution in [0.3, 0.4) is 0 Å². The second-order valence-corrected chi connectivity index (χ2v) is 4.90. The van der Waals surface area contributed by atoms with Crippen molar-refractivity contribution in [2.45, 2.75) is 33.6 Å². The van der Waals surface area contributed by atoms with E-state index in [1.54, 1.807) is 0 Å². The number of aromatic nitrogens is 3. The first-order chi connectivity index (χ1) is 8.93. The Kier molecular flexibility index (Phi) is 5.47. The number of carbonyl (C=O) groups excluding carboxylic acids is 2. The van der Waals surface area contributed by atoms with Gasteiger partial charge in [0, 0.05) is 13.0 Å². The van der Waals surface area contributed by atoms with Gasteiger partial charge in [-0.3, -0.25) is 14.7 Å². The van der Waals surface area contributed by atoms with Gasteiger partial charge in [-0.05, 0) is 12.3 Å². The van der Waals surface area contributed by atoms with Crippen LogP contribution in [0.4, 0.5) is 0 Å². The summed E-state index contributed by atoms with van der Waals surface area (Å²) in [4.78, 5) is 28.7. The van der Waals surface area contributed by atoms with E-state index in [1.807, 2.05) is 20.8 Å². The lowest BCUT2D eigenvalue weighted by Crippen LogP contribution is -2.41. The molecule has 0 aliphatic carbocycles. The third kappa shape index (κ3) is 4.69. The van der Waals surface area contributed by atoms with Crippen molar-refractivity contribution in [2.75, 3.05) is 13.1 Å². The van der Waals surface area contributed by atoms with Crippen LogP contribution < -0.4 is 5.73 Å². The number of hydrogen-bond acceptors (Lipinski definition) is 4. The fourth-order valence-electron chi connectivity index (χ4n) is 1.73. The minimum Gasteiger partial charge on any atom is -0.368 e. The number of carbonyl (C=O) groups is 2. The fraction of sp³-hybridized carbons (Fsp3) is 0.667. The summed E-state index contributed by atoms with van der Waals surface area (Å²) >= 11 is 0. The molecule has 106 valence electrons. The molecule has 0 saturated carbocycles. The lowest BCUT2D eigenvalue weighted by atomic mass is 10.2. The van der Waals surface area contributed by atoms with Crippen LogP contribution in [0.2, 0.25) is 0 Å². The number of aromatic amines is 1. The van der Waals surface area contributed by atoms with Crippen molar-refractivity contribution in [1.82, 2.24) is 20.1 Å². The molecule has 1 aromatic rings. The van der Waals surface area contributed by atoms with E-state index in [9.17, 15) is 9.59 Å². The smallest absolute Gasteiger partial charge is 0.294 e. The Morgan fingerprint density at radius 2 is 2.11 bits per heavy atom. The van der Waals surface area contributed by atoms with Crippen molar-refractivity contribution >= 4 is 11.8 Å². The van der Waals surface area contributed by atoms with Crippen molar-refractivity contribution in [2.24, 2.45) is 11.7 Å². The van der Waals surface area contributed by atoms with Gasteiger partial charge < -0.3 is 10.6 Å². The normalized spacial score (nSPS) is 10.7. The molecule has 1 aromatic heterocycles. The number of nitrogens with one attached hydrogen (secondary N) is 1. The summed E-state index contributed by atoms with van der Waals surface area (Å²) in [7, 11) is 0. The van der Waals surface area contributed by atoms with Gasteiger partial charge in [-0.25, -0.2) is 4.98 Å². The van der Waals surface area contributed by atoms with Gasteiger partial charge in [-0.15, -0.1) is 5.10 Å². The van der Waals surface area contributed by atoms with E-state index in [1.165, 1.54) is 4.90 Å². The quantitative estimate of drug-likeness (QED) is 0.743. The topological polar surface area (TPSA) is 105 Å². The molecule has 0 spiro atoms. The highest BCUT2D eigenvalue weighted by atomic mass is 16.2. The summed E-state index contributed by atoms with van der Waals surface area (Å²) in [5, 5.41) is 6.62. The van der Waals surface area contributed by atoms with E-state index in [-0.39, 0.29) is 24.2 Å². The van der Waals surface area contributed by atoms with Crippen molar-refractivity contribution in [1.29, 1.82) is 0 Å². The maximum Gasteiger partial charge on any atom is 0.294 e. The number of amides is 2. The summed E-state index contributed by atoms with van der Waals surface area (Å²) < 4.78 is 0. The van der Waals surface area contributed by atoms with Crippen LogP contribution in [-0.4, -0.2) is 45.0 Å². The standard InChI is InChI=1S/C12H21N5O2/c1-4-5-10-14-11(16-15-10)12(19)17(6-8(2)3)7-9(13)18/h8H,4-7H2,1-3H3,(H2,13,18)(H,14,15,16). The lowest BCUT2D eigenvalue weighted by Gasteiger charge is -2.21. The molecule has 1 rings (SSSR count). The van der Waals surface area contributed by atoms with Crippen LogP contribution >= 0.6 is 0 Å². The molecule has 0 aliphatic rings. The summed E-state index contributed by atoms with van der Waals surface area (Å²) in [6.07, 6.45) is 1.65. The molecule has 0 aromatic carbocycles. The molecule has 2 amide bonds. The number of hydrogen-bond donors (Lipinski definition) is 2. The van der Waals surface area contributed by atoms with Crippen LogP contribution in [0, 0.1) is 5.92 Å². The fourth-order valence-corrected chi connectivity index (χ4v) is 1.73. The van der Waals surface area contributed by atoms with Crippen LogP contribution in [0.15, 0.2) is 0 Å². The van der Waals surface area contributed by atoms with Crippen LogP contribution in [0.1, 0.15) is 43.6 Å². The molecule has 3 N–H and O–H groups in total. The second-order valence-electron chi connectivity index (χ2n) is 4.90. The molecule has 0 atom stereocenters. The number of primary amides is 1. The number of aryl methyl sites for hydroxylation is 1. The molecule has 0 unspecified atom stereocenters. The zero-order valence-electron chi connectivity index (χ0n) is 11.6. The SMILES string of the molecule is CCCc1nc(C(=O)N(CC(N)=O)CC(C)C)n[nH]1. The van der Waals surface area contributed by atoms with Crippen molar-refractivity contribution < 1.29 is 9.59 Å². The molecule has 7 heteroatoms. The Labute approximate surface area is 112 Å². The average Bonchev–Trinajstić information content (AvgIpc) is 2.75. The molecule has 0 saturated heterocycles. The van der Waals surface area contributed by atoms with Crippen molar-refractivity contribution in [3.05, 3.63) is 11.6 Å². The molecule has 19 heavy (non-hydrogen) atoms. The molecular formula is C12H21N5O2. The van der Waals surface area contributed by atoms with Gasteiger partial charge in [-0.2, -0.15) is 0 Å². The number of H-pyrrole nitrogens is 1. The van der Waals surface area contributed by atoms with E-state index in [0.717, 1.165) is 12.8 Å². The molecule has 0 radical (unpaired) electrons. The molecule has 7 nitrogen and oxygen atoms in total. The molecule has 1 heterocycles. The zero-order chi connectivity index (χ0) is 14.4. The highest BCUT2D eigenvalue weighted by Crippen LogP contribution is 2.05. The summed E-state index contributed by atoms with van der Waals surface area (Å²) in [5.74, 6) is 0.0848. The van der Waals surface area contributed by atoms with E-state index < -0.39 is 5.91 Å². The Hall–Kier alpha value is -1.92. The van der Waals surface area contributed by atoms with Gasteiger partial charge in [-0.1, -0.05) is 20.8 Å². The highest BCUT2D eigenvalue weighted by Gasteiger charge is 2.22. The molecular weight excluding hydrogens is 246 g/mol. The van der Waals surface area contributed by atoms with Gasteiger partial charge >= 0.3 is 0 Å².